The Bertz CT molecular complexity index is 1670. The second-order valence-corrected chi connectivity index (χ2v) is 23.6. The van der Waals surface area contributed by atoms with Crippen molar-refractivity contribution in [2.24, 2.45) is 0 Å². The first-order chi connectivity index (χ1) is 40.7. The molecule has 1 aliphatic rings. The molecule has 0 aromatic rings. The minimum atomic E-state index is -1.62. The summed E-state index contributed by atoms with van der Waals surface area (Å²) in [5, 5.41) is 57.2. The van der Waals surface area contributed by atoms with Crippen molar-refractivity contribution in [3.8, 4) is 0 Å². The van der Waals surface area contributed by atoms with Crippen LogP contribution in [-0.2, 0) is 23.8 Å². The molecule has 11 heteroatoms. The molecule has 0 saturated carbocycles. The number of ether oxygens (including phenoxy) is 3. The third-order valence-corrected chi connectivity index (χ3v) is 15.8. The van der Waals surface area contributed by atoms with E-state index < -0.39 is 67.4 Å². The third-order valence-electron chi connectivity index (χ3n) is 15.8. The predicted octanol–water partition coefficient (Wildman–Crippen LogP) is 17.3. The number of aliphatic hydroxyl groups excluding tert-OH is 5. The van der Waals surface area contributed by atoms with E-state index in [1.807, 2.05) is 6.08 Å². The van der Waals surface area contributed by atoms with Gasteiger partial charge in [0.15, 0.2) is 12.4 Å². The van der Waals surface area contributed by atoms with Gasteiger partial charge in [0.1, 0.15) is 24.4 Å². The van der Waals surface area contributed by atoms with Crippen LogP contribution in [0.25, 0.3) is 0 Å². The zero-order valence-corrected chi connectivity index (χ0v) is 53.3. The molecule has 6 N–H and O–H groups in total. The first-order valence-corrected chi connectivity index (χ1v) is 34.4. The van der Waals surface area contributed by atoms with Crippen molar-refractivity contribution < 1.29 is 49.3 Å². The van der Waals surface area contributed by atoms with Crippen molar-refractivity contribution >= 4 is 11.9 Å². The fourth-order valence-electron chi connectivity index (χ4n) is 10.3. The van der Waals surface area contributed by atoms with Crippen LogP contribution in [0.4, 0.5) is 0 Å². The fraction of sp³-hybridized carbons (Fsp3) is 0.778. The minimum Gasteiger partial charge on any atom is -0.454 e. The molecule has 0 aromatic carbocycles. The number of hydrogen-bond acceptors (Lipinski definition) is 10. The van der Waals surface area contributed by atoms with Crippen LogP contribution in [-0.4, -0.2) is 99.6 Å². The Morgan fingerprint density at radius 2 is 0.867 bits per heavy atom. The third kappa shape index (κ3) is 46.7. The molecule has 1 heterocycles. The van der Waals surface area contributed by atoms with Gasteiger partial charge in [0, 0.05) is 6.42 Å². The maximum Gasteiger partial charge on any atom is 0.306 e. The lowest BCUT2D eigenvalue weighted by atomic mass is 9.99. The number of allylic oxidation sites excluding steroid dienone is 13. The second kappa shape index (κ2) is 59.2. The maximum atomic E-state index is 13.5. The first-order valence-electron chi connectivity index (χ1n) is 34.4. The van der Waals surface area contributed by atoms with E-state index in [1.54, 1.807) is 6.08 Å². The zero-order valence-electron chi connectivity index (χ0n) is 53.3. The number of unbranched alkanes of at least 4 members (excludes halogenated alkanes) is 33. The second-order valence-electron chi connectivity index (χ2n) is 23.6. The van der Waals surface area contributed by atoms with Gasteiger partial charge >= 0.3 is 5.97 Å². The molecule has 0 spiro atoms. The van der Waals surface area contributed by atoms with Crippen molar-refractivity contribution in [1.29, 1.82) is 0 Å². The lowest BCUT2D eigenvalue weighted by Gasteiger charge is -2.41. The Hall–Kier alpha value is -3.16. The molecule has 1 fully saturated rings. The summed E-state index contributed by atoms with van der Waals surface area (Å²) in [5.74, 6) is -1.21. The molecule has 480 valence electrons. The number of esters is 1. The molecule has 83 heavy (non-hydrogen) atoms. The number of rotatable bonds is 58. The zero-order chi connectivity index (χ0) is 60.3. The Morgan fingerprint density at radius 1 is 0.482 bits per heavy atom. The molecule has 11 nitrogen and oxygen atoms in total. The summed E-state index contributed by atoms with van der Waals surface area (Å²) < 4.78 is 17.6. The van der Waals surface area contributed by atoms with Gasteiger partial charge < -0.3 is 45.1 Å². The highest BCUT2D eigenvalue weighted by Gasteiger charge is 2.47. The number of carbonyl (C=O) groups is 2. The summed E-state index contributed by atoms with van der Waals surface area (Å²) in [6.07, 6.45) is 67.6. The molecule has 8 unspecified atom stereocenters. The van der Waals surface area contributed by atoms with Gasteiger partial charge in [-0.1, -0.05) is 279 Å². The van der Waals surface area contributed by atoms with Crippen LogP contribution < -0.4 is 5.32 Å². The number of amides is 1. The van der Waals surface area contributed by atoms with E-state index in [9.17, 15) is 35.1 Å². The average molecular weight is 1170 g/mol. The van der Waals surface area contributed by atoms with E-state index in [0.29, 0.717) is 12.8 Å². The van der Waals surface area contributed by atoms with Crippen LogP contribution in [0.1, 0.15) is 297 Å². The quantitative estimate of drug-likeness (QED) is 0.0149. The Morgan fingerprint density at radius 3 is 1.34 bits per heavy atom. The van der Waals surface area contributed by atoms with Gasteiger partial charge in [-0.15, -0.1) is 0 Å². The van der Waals surface area contributed by atoms with E-state index in [2.05, 4.69) is 99.0 Å². The standard InChI is InChI=1S/C72H127NO10/c1-4-7-10-13-16-19-22-25-27-28-29-30-31-32-33-34-35-36-37-39-41-44-47-50-53-56-59-65(76)71(80)73-63(64(75)58-55-52-49-46-43-40-24-21-18-15-12-9-6-3)62-81-72-70(69(79)68(78)66(61-74)82-72)83-67(77)60-57-54-51-48-45-42-38-26-23-20-17-14-11-8-5-2/h16-17,19-20,23,25-27,29-30,32-33,55,58,63-66,68-70,72,74-76,78-79H,4-15,18,21-22,24,28,31,34-54,56-57,59-62H2,1-3H3,(H,73,80)/b19-16-,20-17+,26-23+,27-25-,30-29-,33-32-,58-55+. The summed E-state index contributed by atoms with van der Waals surface area (Å²) >= 11 is 0. The molecule has 1 aliphatic heterocycles. The largest absolute Gasteiger partial charge is 0.454 e. The van der Waals surface area contributed by atoms with Crippen LogP contribution in [0.2, 0.25) is 0 Å². The van der Waals surface area contributed by atoms with Gasteiger partial charge in [-0.05, 0) is 96.3 Å². The van der Waals surface area contributed by atoms with E-state index in [-0.39, 0.29) is 19.4 Å². The Balaban J connectivity index is 2.61. The van der Waals surface area contributed by atoms with Crippen LogP contribution in [0.5, 0.6) is 0 Å². The number of hydrogen-bond donors (Lipinski definition) is 6. The van der Waals surface area contributed by atoms with Crippen molar-refractivity contribution in [3.05, 3.63) is 85.1 Å². The van der Waals surface area contributed by atoms with Gasteiger partial charge in [0.05, 0.1) is 25.4 Å². The molecule has 8 atom stereocenters. The monoisotopic (exact) mass is 1170 g/mol. The highest BCUT2D eigenvalue weighted by molar-refractivity contribution is 5.80. The normalized spacial score (nSPS) is 19.1. The SMILES string of the molecule is CCCCC/C=C\C/C=C\C/C=C\C/C=C\CCCCCCCCCCCCC(O)C(=O)NC(COC1OC(CO)C(O)C(O)C1OC(=O)CCCCCCCC/C=C/C=C/CCCCC)C(O)/C=C/CCCCCCCCCCCCC. The number of aliphatic hydroxyl groups is 5. The van der Waals surface area contributed by atoms with Crippen molar-refractivity contribution in [2.45, 2.75) is 346 Å². The molecule has 0 aliphatic carbocycles. The Kier molecular flexibility index (Phi) is 55.5. The molecule has 1 amide bonds. The van der Waals surface area contributed by atoms with E-state index in [4.69, 9.17) is 14.2 Å². The lowest BCUT2D eigenvalue weighted by molar-refractivity contribution is -0.305. The van der Waals surface area contributed by atoms with Crippen LogP contribution in [0.15, 0.2) is 85.1 Å². The minimum absolute atomic E-state index is 0.108. The molecular weight excluding hydrogens is 1040 g/mol. The van der Waals surface area contributed by atoms with Gasteiger partial charge in [-0.25, -0.2) is 0 Å². The average Bonchev–Trinajstić information content (AvgIpc) is 3.55. The van der Waals surface area contributed by atoms with Gasteiger partial charge in [-0.3, -0.25) is 9.59 Å². The predicted molar refractivity (Wildman–Crippen MR) is 347 cm³/mol. The molecule has 0 aromatic heterocycles. The van der Waals surface area contributed by atoms with Crippen LogP contribution in [0.3, 0.4) is 0 Å². The molecule has 1 rings (SSSR count). The van der Waals surface area contributed by atoms with Gasteiger partial charge in [-0.2, -0.15) is 0 Å². The van der Waals surface area contributed by atoms with Crippen LogP contribution >= 0.6 is 0 Å². The molecular formula is C72H127NO10. The van der Waals surface area contributed by atoms with Crippen LogP contribution in [0, 0.1) is 0 Å². The summed E-state index contributed by atoms with van der Waals surface area (Å²) in [6.45, 7) is 5.74. The molecule has 0 bridgehead atoms. The summed E-state index contributed by atoms with van der Waals surface area (Å²) in [7, 11) is 0. The summed E-state index contributed by atoms with van der Waals surface area (Å²) in [6, 6.07) is -1.03. The van der Waals surface area contributed by atoms with Crippen molar-refractivity contribution in [1.82, 2.24) is 5.32 Å². The lowest BCUT2D eigenvalue weighted by Crippen LogP contribution is -2.61. The van der Waals surface area contributed by atoms with E-state index in [1.165, 1.54) is 141 Å². The topological polar surface area (TPSA) is 175 Å². The Labute approximate surface area is 508 Å². The van der Waals surface area contributed by atoms with Gasteiger partial charge in [0.2, 0.25) is 5.91 Å². The highest BCUT2D eigenvalue weighted by atomic mass is 16.7. The summed E-state index contributed by atoms with van der Waals surface area (Å²) in [4.78, 5) is 26.6. The molecule has 1 saturated heterocycles. The van der Waals surface area contributed by atoms with Crippen molar-refractivity contribution in [2.75, 3.05) is 13.2 Å². The van der Waals surface area contributed by atoms with Gasteiger partial charge in [0.25, 0.3) is 0 Å². The fourth-order valence-corrected chi connectivity index (χ4v) is 10.3. The number of carbonyl (C=O) groups excluding carboxylic acids is 2. The van der Waals surface area contributed by atoms with E-state index in [0.717, 1.165) is 109 Å². The highest BCUT2D eigenvalue weighted by Crippen LogP contribution is 2.26. The number of nitrogens with one attached hydrogen (secondary N) is 1. The van der Waals surface area contributed by atoms with E-state index >= 15 is 0 Å². The molecule has 0 radical (unpaired) electrons. The first kappa shape index (κ1) is 77.9. The summed E-state index contributed by atoms with van der Waals surface area (Å²) in [5.41, 5.74) is 0. The smallest absolute Gasteiger partial charge is 0.306 e. The van der Waals surface area contributed by atoms with Crippen molar-refractivity contribution in [3.63, 3.8) is 0 Å². The maximum absolute atomic E-state index is 13.5.